The normalized spacial score (nSPS) is 19.1. The highest BCUT2D eigenvalue weighted by atomic mass is 35.5. The number of para-hydroxylation sites is 1. The van der Waals surface area contributed by atoms with Gasteiger partial charge in [0.05, 0.1) is 18.7 Å². The molecule has 1 aromatic carbocycles. The zero-order chi connectivity index (χ0) is 19.4. The van der Waals surface area contributed by atoms with E-state index in [1.807, 2.05) is 37.6 Å². The number of nitrogens with one attached hydrogen (secondary N) is 2. The summed E-state index contributed by atoms with van der Waals surface area (Å²) in [4.78, 5) is 12.6. The molecule has 2 N–H and O–H groups in total. The van der Waals surface area contributed by atoms with Crippen LogP contribution in [0, 0.1) is 5.92 Å². The molecule has 1 aromatic heterocycles. The molecule has 3 rings (SSSR count). The van der Waals surface area contributed by atoms with E-state index in [0.717, 1.165) is 17.9 Å². The summed E-state index contributed by atoms with van der Waals surface area (Å²) < 4.78 is 7.73. The van der Waals surface area contributed by atoms with E-state index in [4.69, 9.17) is 4.74 Å². The molecule has 6 nitrogen and oxygen atoms in total. The number of rotatable bonds is 6. The molecule has 7 heteroatoms. The summed E-state index contributed by atoms with van der Waals surface area (Å²) in [5.41, 5.74) is 2.30. The third kappa shape index (κ3) is 5.26. The second-order valence-corrected chi connectivity index (χ2v) is 8.20. The van der Waals surface area contributed by atoms with Crippen molar-refractivity contribution in [2.75, 3.05) is 26.2 Å². The van der Waals surface area contributed by atoms with Gasteiger partial charge >= 0.3 is 0 Å². The summed E-state index contributed by atoms with van der Waals surface area (Å²) in [6.07, 6.45) is 3.84. The van der Waals surface area contributed by atoms with Crippen LogP contribution >= 0.6 is 12.4 Å². The number of halogens is 1. The van der Waals surface area contributed by atoms with Gasteiger partial charge in [-0.25, -0.2) is 0 Å². The van der Waals surface area contributed by atoms with E-state index < -0.39 is 0 Å². The Morgan fingerprint density at radius 3 is 2.75 bits per heavy atom. The number of carbonyl (C=O) groups excluding carboxylic acids is 1. The topological polar surface area (TPSA) is 68.2 Å². The molecule has 1 saturated heterocycles. The zero-order valence-corrected chi connectivity index (χ0v) is 17.9. The lowest BCUT2D eigenvalue weighted by Crippen LogP contribution is -2.36. The molecule has 1 amide bonds. The van der Waals surface area contributed by atoms with Gasteiger partial charge in [0, 0.05) is 32.3 Å². The summed E-state index contributed by atoms with van der Waals surface area (Å²) in [5.74, 6) is 1.05. The highest BCUT2D eigenvalue weighted by Gasteiger charge is 2.34. The smallest absolute Gasteiger partial charge is 0.225 e. The number of carbonyl (C=O) groups is 1. The van der Waals surface area contributed by atoms with Gasteiger partial charge in [-0.05, 0) is 22.6 Å². The number of hydrogen-bond donors (Lipinski definition) is 2. The minimum absolute atomic E-state index is 0. The summed E-state index contributed by atoms with van der Waals surface area (Å²) in [6, 6.07) is 8.09. The van der Waals surface area contributed by atoms with Crippen molar-refractivity contribution in [3.63, 3.8) is 0 Å². The molecule has 1 fully saturated rings. The van der Waals surface area contributed by atoms with Gasteiger partial charge in [0.15, 0.2) is 0 Å². The summed E-state index contributed by atoms with van der Waals surface area (Å²) in [6.45, 7) is 8.95. The number of ether oxygens (including phenoxy) is 1. The molecule has 0 spiro atoms. The molecule has 2 heterocycles. The fourth-order valence-electron chi connectivity index (χ4n) is 3.61. The first kappa shape index (κ1) is 22.2. The van der Waals surface area contributed by atoms with Crippen molar-refractivity contribution in [3.05, 3.63) is 47.8 Å². The van der Waals surface area contributed by atoms with Crippen LogP contribution in [-0.2, 0) is 17.3 Å². The molecule has 2 atom stereocenters. The lowest BCUT2D eigenvalue weighted by Gasteiger charge is -2.23. The van der Waals surface area contributed by atoms with Gasteiger partial charge in [-0.15, -0.1) is 12.4 Å². The van der Waals surface area contributed by atoms with Crippen LogP contribution in [0.25, 0.3) is 0 Å². The van der Waals surface area contributed by atoms with Gasteiger partial charge in [-0.1, -0.05) is 39.0 Å². The van der Waals surface area contributed by atoms with E-state index in [1.54, 1.807) is 4.68 Å². The number of nitrogens with zero attached hydrogens (tertiary/aromatic N) is 2. The molecule has 0 saturated carbocycles. The molecule has 0 unspecified atom stereocenters. The third-order valence-corrected chi connectivity index (χ3v) is 5.06. The molecular formula is C21H31ClN4O2. The highest BCUT2D eigenvalue weighted by molar-refractivity contribution is 5.85. The van der Waals surface area contributed by atoms with E-state index in [-0.39, 0.29) is 35.6 Å². The van der Waals surface area contributed by atoms with Gasteiger partial charge in [0.1, 0.15) is 12.4 Å². The van der Waals surface area contributed by atoms with E-state index in [0.29, 0.717) is 19.7 Å². The molecule has 1 aliphatic heterocycles. The Labute approximate surface area is 173 Å². The number of aromatic nitrogens is 2. The quantitative estimate of drug-likeness (QED) is 0.723. The maximum Gasteiger partial charge on any atom is 0.225 e. The Morgan fingerprint density at radius 1 is 1.32 bits per heavy atom. The summed E-state index contributed by atoms with van der Waals surface area (Å²) in [5, 5.41) is 10.6. The monoisotopic (exact) mass is 406 g/mol. The lowest BCUT2D eigenvalue weighted by atomic mass is 9.86. The Balaban J connectivity index is 0.00000280. The fraction of sp³-hybridized carbons (Fsp3) is 0.524. The molecule has 2 aromatic rings. The molecule has 0 bridgehead atoms. The SMILES string of the molecule is Cl.Cn1cc([C@H]2CNC[C@@H]2C(=O)NCCOc2ccccc2C(C)(C)C)cn1. The maximum absolute atomic E-state index is 12.6. The van der Waals surface area contributed by atoms with Crippen LogP contribution in [0.4, 0.5) is 0 Å². The minimum Gasteiger partial charge on any atom is -0.491 e. The molecule has 0 radical (unpaired) electrons. The largest absolute Gasteiger partial charge is 0.491 e. The van der Waals surface area contributed by atoms with Crippen molar-refractivity contribution >= 4 is 18.3 Å². The highest BCUT2D eigenvalue weighted by Crippen LogP contribution is 2.31. The first-order valence-corrected chi connectivity index (χ1v) is 9.55. The number of benzene rings is 1. The Morgan fingerprint density at radius 2 is 2.07 bits per heavy atom. The van der Waals surface area contributed by atoms with Crippen LogP contribution in [0.3, 0.4) is 0 Å². The Bertz CT molecular complexity index is 785. The average molecular weight is 407 g/mol. The van der Waals surface area contributed by atoms with Crippen molar-refractivity contribution in [1.82, 2.24) is 20.4 Å². The molecule has 0 aliphatic carbocycles. The van der Waals surface area contributed by atoms with Gasteiger partial charge < -0.3 is 15.4 Å². The first-order valence-electron chi connectivity index (χ1n) is 9.55. The zero-order valence-electron chi connectivity index (χ0n) is 17.1. The van der Waals surface area contributed by atoms with Crippen LogP contribution in [0.1, 0.15) is 37.8 Å². The van der Waals surface area contributed by atoms with Crippen molar-refractivity contribution in [2.24, 2.45) is 13.0 Å². The molecule has 1 aliphatic rings. The number of aryl methyl sites for hydroxylation is 1. The van der Waals surface area contributed by atoms with Crippen LogP contribution in [0.2, 0.25) is 0 Å². The van der Waals surface area contributed by atoms with Gasteiger partial charge in [-0.2, -0.15) is 5.10 Å². The van der Waals surface area contributed by atoms with Crippen LogP contribution in [0.5, 0.6) is 5.75 Å². The van der Waals surface area contributed by atoms with Crippen LogP contribution in [0.15, 0.2) is 36.7 Å². The van der Waals surface area contributed by atoms with E-state index in [9.17, 15) is 4.79 Å². The van der Waals surface area contributed by atoms with Crippen LogP contribution in [-0.4, -0.2) is 41.9 Å². The second kappa shape index (κ2) is 9.43. The standard InChI is InChI=1S/C21H30N4O2.ClH/c1-21(2,3)18-7-5-6-8-19(18)27-10-9-23-20(26)17-13-22-12-16(17)15-11-24-25(4)14-15;/h5-8,11,14,16-17,22H,9-10,12-13H2,1-4H3,(H,23,26);1H/t16-,17+;/m1./s1. The van der Waals surface area contributed by atoms with E-state index in [1.165, 1.54) is 5.56 Å². The van der Waals surface area contributed by atoms with Gasteiger partial charge in [0.2, 0.25) is 5.91 Å². The lowest BCUT2D eigenvalue weighted by molar-refractivity contribution is -0.124. The predicted octanol–water partition coefficient (Wildman–Crippen LogP) is 2.64. The van der Waals surface area contributed by atoms with E-state index >= 15 is 0 Å². The Kier molecular flexibility index (Phi) is 7.49. The minimum atomic E-state index is -0.0731. The average Bonchev–Trinajstić information content (AvgIpc) is 3.26. The maximum atomic E-state index is 12.6. The van der Waals surface area contributed by atoms with Crippen molar-refractivity contribution in [1.29, 1.82) is 0 Å². The third-order valence-electron chi connectivity index (χ3n) is 5.06. The summed E-state index contributed by atoms with van der Waals surface area (Å²) >= 11 is 0. The Hall–Kier alpha value is -2.05. The number of amides is 1. The second-order valence-electron chi connectivity index (χ2n) is 8.20. The molecular weight excluding hydrogens is 376 g/mol. The van der Waals surface area contributed by atoms with Crippen molar-refractivity contribution < 1.29 is 9.53 Å². The van der Waals surface area contributed by atoms with E-state index in [2.05, 4.69) is 42.6 Å². The van der Waals surface area contributed by atoms with Gasteiger partial charge in [0.25, 0.3) is 0 Å². The molecule has 28 heavy (non-hydrogen) atoms. The molecule has 154 valence electrons. The van der Waals surface area contributed by atoms with Gasteiger partial charge in [-0.3, -0.25) is 9.48 Å². The van der Waals surface area contributed by atoms with Crippen LogP contribution < -0.4 is 15.4 Å². The fourth-order valence-corrected chi connectivity index (χ4v) is 3.61. The van der Waals surface area contributed by atoms with Crippen molar-refractivity contribution in [2.45, 2.75) is 32.1 Å². The first-order chi connectivity index (χ1) is 12.9. The van der Waals surface area contributed by atoms with Crippen molar-refractivity contribution in [3.8, 4) is 5.75 Å². The predicted molar refractivity (Wildman–Crippen MR) is 113 cm³/mol. The summed E-state index contributed by atoms with van der Waals surface area (Å²) in [7, 11) is 1.90. The number of hydrogen-bond acceptors (Lipinski definition) is 4.